The molecular formula is C14H17FN2O4. The van der Waals surface area contributed by atoms with Crippen molar-refractivity contribution >= 4 is 11.6 Å². The molecule has 1 heterocycles. The Morgan fingerprint density at radius 1 is 1.52 bits per heavy atom. The molecular weight excluding hydrogens is 279 g/mol. The number of hydrogen-bond acceptors (Lipinski definition) is 4. The minimum atomic E-state index is -0.743. The molecule has 0 radical (unpaired) electrons. The van der Waals surface area contributed by atoms with Gasteiger partial charge in [0.1, 0.15) is 11.4 Å². The van der Waals surface area contributed by atoms with Crippen LogP contribution in [0.15, 0.2) is 18.2 Å². The lowest BCUT2D eigenvalue weighted by molar-refractivity contribution is -0.385. The summed E-state index contributed by atoms with van der Waals surface area (Å²) in [5.41, 5.74) is -1.20. The van der Waals surface area contributed by atoms with Crippen molar-refractivity contribution in [2.45, 2.75) is 32.4 Å². The average Bonchev–Trinajstić information content (AvgIpc) is 2.40. The number of halogens is 1. The first-order chi connectivity index (χ1) is 9.72. The Kier molecular flexibility index (Phi) is 3.95. The molecule has 1 aliphatic heterocycles. The Morgan fingerprint density at radius 3 is 2.81 bits per heavy atom. The Morgan fingerprint density at radius 2 is 2.19 bits per heavy atom. The molecule has 114 valence electrons. The quantitative estimate of drug-likeness (QED) is 0.620. The van der Waals surface area contributed by atoms with E-state index >= 15 is 0 Å². The molecule has 1 aromatic carbocycles. The zero-order valence-corrected chi connectivity index (χ0v) is 12.1. The summed E-state index contributed by atoms with van der Waals surface area (Å²) < 4.78 is 18.7. The third-order valence-electron chi connectivity index (χ3n) is 3.52. The highest BCUT2D eigenvalue weighted by molar-refractivity contribution is 5.98. The second kappa shape index (κ2) is 5.40. The van der Waals surface area contributed by atoms with Gasteiger partial charge < -0.3 is 9.64 Å². The normalized spacial score (nSPS) is 21.1. The number of ether oxygens (including phenoxy) is 1. The van der Waals surface area contributed by atoms with Crippen LogP contribution in [-0.2, 0) is 4.74 Å². The van der Waals surface area contributed by atoms with Crippen molar-refractivity contribution in [3.05, 3.63) is 39.7 Å². The molecule has 0 spiro atoms. The van der Waals surface area contributed by atoms with Crippen LogP contribution < -0.4 is 0 Å². The molecule has 21 heavy (non-hydrogen) atoms. The Hall–Kier alpha value is -2.02. The SMILES string of the molecule is CC1CN(C(=O)c2ccc(F)cc2[N+](=O)[O-])C(C)(C)CO1. The minimum Gasteiger partial charge on any atom is -0.374 e. The smallest absolute Gasteiger partial charge is 0.285 e. The number of nitro benzene ring substituents is 1. The molecule has 0 saturated carbocycles. The number of amides is 1. The average molecular weight is 296 g/mol. The number of nitrogens with zero attached hydrogens (tertiary/aromatic N) is 2. The third kappa shape index (κ3) is 3.02. The minimum absolute atomic E-state index is 0.108. The molecule has 7 heteroatoms. The van der Waals surface area contributed by atoms with Crippen molar-refractivity contribution in [3.8, 4) is 0 Å². The van der Waals surface area contributed by atoms with E-state index in [0.717, 1.165) is 18.2 Å². The zero-order valence-electron chi connectivity index (χ0n) is 12.1. The lowest BCUT2D eigenvalue weighted by Crippen LogP contribution is -2.57. The van der Waals surface area contributed by atoms with E-state index in [9.17, 15) is 19.3 Å². The van der Waals surface area contributed by atoms with Crippen molar-refractivity contribution in [3.63, 3.8) is 0 Å². The van der Waals surface area contributed by atoms with Gasteiger partial charge in [0.25, 0.3) is 11.6 Å². The van der Waals surface area contributed by atoms with Crippen LogP contribution >= 0.6 is 0 Å². The van der Waals surface area contributed by atoms with Gasteiger partial charge >= 0.3 is 0 Å². The van der Waals surface area contributed by atoms with Gasteiger partial charge in [-0.3, -0.25) is 14.9 Å². The number of carbonyl (C=O) groups excluding carboxylic acids is 1. The number of rotatable bonds is 2. The highest BCUT2D eigenvalue weighted by Gasteiger charge is 2.39. The number of carbonyl (C=O) groups is 1. The van der Waals surface area contributed by atoms with Crippen LogP contribution in [0.2, 0.25) is 0 Å². The summed E-state index contributed by atoms with van der Waals surface area (Å²) in [6.07, 6.45) is -0.151. The molecule has 1 unspecified atom stereocenters. The zero-order chi connectivity index (χ0) is 15.8. The van der Waals surface area contributed by atoms with Crippen LogP contribution in [0.4, 0.5) is 10.1 Å². The van der Waals surface area contributed by atoms with Gasteiger partial charge in [0.05, 0.1) is 29.2 Å². The number of hydrogen-bond donors (Lipinski definition) is 0. The number of benzene rings is 1. The van der Waals surface area contributed by atoms with Gasteiger partial charge in [-0.15, -0.1) is 0 Å². The predicted molar refractivity (Wildman–Crippen MR) is 73.6 cm³/mol. The van der Waals surface area contributed by atoms with E-state index in [0.29, 0.717) is 13.2 Å². The molecule has 1 atom stereocenters. The molecule has 6 nitrogen and oxygen atoms in total. The third-order valence-corrected chi connectivity index (χ3v) is 3.52. The highest BCUT2D eigenvalue weighted by atomic mass is 19.1. The summed E-state index contributed by atoms with van der Waals surface area (Å²) in [5, 5.41) is 11.0. The van der Waals surface area contributed by atoms with E-state index in [1.807, 2.05) is 20.8 Å². The van der Waals surface area contributed by atoms with Gasteiger partial charge in [0.2, 0.25) is 0 Å². The van der Waals surface area contributed by atoms with Crippen molar-refractivity contribution in [2.75, 3.05) is 13.2 Å². The van der Waals surface area contributed by atoms with E-state index in [1.54, 1.807) is 4.90 Å². The molecule has 1 aliphatic rings. The maximum Gasteiger partial charge on any atom is 0.285 e. The second-order valence-electron chi connectivity index (χ2n) is 5.77. The maximum absolute atomic E-state index is 13.2. The Labute approximate surface area is 121 Å². The van der Waals surface area contributed by atoms with Crippen molar-refractivity contribution in [2.24, 2.45) is 0 Å². The largest absolute Gasteiger partial charge is 0.374 e. The second-order valence-corrected chi connectivity index (χ2v) is 5.77. The Bertz CT molecular complexity index is 588. The first-order valence-electron chi connectivity index (χ1n) is 6.60. The predicted octanol–water partition coefficient (Wildman–Crippen LogP) is 2.37. The summed E-state index contributed by atoms with van der Waals surface area (Å²) in [6.45, 7) is 6.15. The van der Waals surface area contributed by atoms with Crippen LogP contribution in [0.5, 0.6) is 0 Å². The van der Waals surface area contributed by atoms with Crippen molar-refractivity contribution in [1.82, 2.24) is 4.90 Å². The fourth-order valence-corrected chi connectivity index (χ4v) is 2.32. The fourth-order valence-electron chi connectivity index (χ4n) is 2.32. The van der Waals surface area contributed by atoms with Crippen molar-refractivity contribution < 1.29 is 18.8 Å². The van der Waals surface area contributed by atoms with Crippen molar-refractivity contribution in [1.29, 1.82) is 0 Å². The molecule has 0 bridgehead atoms. The lowest BCUT2D eigenvalue weighted by Gasteiger charge is -2.44. The van der Waals surface area contributed by atoms with Crippen LogP contribution in [-0.4, -0.2) is 40.5 Å². The first kappa shape index (κ1) is 15.4. The molecule has 1 saturated heterocycles. The molecule has 1 amide bonds. The summed E-state index contributed by atoms with van der Waals surface area (Å²) >= 11 is 0. The van der Waals surface area contributed by atoms with Gasteiger partial charge in [-0.25, -0.2) is 4.39 Å². The number of nitro groups is 1. The summed E-state index contributed by atoms with van der Waals surface area (Å²) in [4.78, 5) is 24.5. The van der Waals surface area contributed by atoms with Crippen LogP contribution in [0.3, 0.4) is 0 Å². The summed E-state index contributed by atoms with van der Waals surface area (Å²) in [5.74, 6) is -1.23. The highest BCUT2D eigenvalue weighted by Crippen LogP contribution is 2.28. The summed E-state index contributed by atoms with van der Waals surface area (Å²) in [6, 6.07) is 2.98. The van der Waals surface area contributed by atoms with E-state index in [4.69, 9.17) is 4.74 Å². The number of morpholine rings is 1. The molecule has 0 aliphatic carbocycles. The van der Waals surface area contributed by atoms with E-state index in [-0.39, 0.29) is 11.7 Å². The Balaban J connectivity index is 2.41. The first-order valence-corrected chi connectivity index (χ1v) is 6.60. The lowest BCUT2D eigenvalue weighted by atomic mass is 9.99. The van der Waals surface area contributed by atoms with Gasteiger partial charge in [0, 0.05) is 6.54 Å². The summed E-state index contributed by atoms with van der Waals surface area (Å²) in [7, 11) is 0. The van der Waals surface area contributed by atoms with Crippen LogP contribution in [0, 0.1) is 15.9 Å². The van der Waals surface area contributed by atoms with Gasteiger partial charge in [-0.2, -0.15) is 0 Å². The maximum atomic E-state index is 13.2. The molecule has 1 fully saturated rings. The van der Waals surface area contributed by atoms with Gasteiger partial charge in [-0.1, -0.05) is 0 Å². The monoisotopic (exact) mass is 296 g/mol. The van der Waals surface area contributed by atoms with Crippen LogP contribution in [0.25, 0.3) is 0 Å². The van der Waals surface area contributed by atoms with Gasteiger partial charge in [0.15, 0.2) is 0 Å². The standard InChI is InChI=1S/C14H17FN2O4/c1-9-7-16(14(2,3)8-21-9)13(18)11-5-4-10(15)6-12(11)17(19)20/h4-6,9H,7-8H2,1-3H3. The van der Waals surface area contributed by atoms with Gasteiger partial charge in [-0.05, 0) is 32.9 Å². The molecule has 0 N–H and O–H groups in total. The van der Waals surface area contributed by atoms with E-state index < -0.39 is 27.9 Å². The molecule has 1 aromatic rings. The fraction of sp³-hybridized carbons (Fsp3) is 0.500. The van der Waals surface area contributed by atoms with E-state index in [1.165, 1.54) is 0 Å². The van der Waals surface area contributed by atoms with E-state index in [2.05, 4.69) is 0 Å². The molecule has 2 rings (SSSR count). The topological polar surface area (TPSA) is 72.7 Å². The van der Waals surface area contributed by atoms with Crippen LogP contribution in [0.1, 0.15) is 31.1 Å². The molecule has 0 aromatic heterocycles.